The summed E-state index contributed by atoms with van der Waals surface area (Å²) in [4.78, 5) is 25.4. The molecule has 5 nitrogen and oxygen atoms in total. The van der Waals surface area contributed by atoms with Gasteiger partial charge in [-0.3, -0.25) is 9.59 Å². The number of Topliss-reactive ketones (excluding diaryl/α,β-unsaturated/α-hetero) is 2. The number of ether oxygens (including phenoxy) is 2. The highest BCUT2D eigenvalue weighted by molar-refractivity contribution is 6.28. The van der Waals surface area contributed by atoms with Crippen LogP contribution in [0.1, 0.15) is 34.6 Å². The van der Waals surface area contributed by atoms with Crippen LogP contribution >= 0.6 is 0 Å². The van der Waals surface area contributed by atoms with Crippen LogP contribution in [0.25, 0.3) is 0 Å². The van der Waals surface area contributed by atoms with E-state index in [9.17, 15) is 14.7 Å². The van der Waals surface area contributed by atoms with Crippen molar-refractivity contribution >= 4 is 11.6 Å². The van der Waals surface area contributed by atoms with Gasteiger partial charge in [0.2, 0.25) is 0 Å². The number of rotatable bonds is 1. The molecule has 3 atom stereocenters. The number of benzene rings is 1. The van der Waals surface area contributed by atoms with Gasteiger partial charge in [-0.25, -0.2) is 0 Å². The number of methoxy groups -OCH3 is 1. The highest BCUT2D eigenvalue weighted by Crippen LogP contribution is 2.38. The van der Waals surface area contributed by atoms with Crippen molar-refractivity contribution in [1.29, 1.82) is 0 Å². The second-order valence-corrected chi connectivity index (χ2v) is 5.30. The van der Waals surface area contributed by atoms with Crippen LogP contribution in [0.5, 0.6) is 5.75 Å². The van der Waals surface area contributed by atoms with Crippen LogP contribution in [-0.4, -0.2) is 42.1 Å². The monoisotopic (exact) mass is 288 g/mol. The maximum absolute atomic E-state index is 12.8. The van der Waals surface area contributed by atoms with Crippen molar-refractivity contribution in [3.05, 3.63) is 40.5 Å². The fourth-order valence-corrected chi connectivity index (χ4v) is 3.05. The van der Waals surface area contributed by atoms with Crippen LogP contribution in [0, 0.1) is 0 Å². The van der Waals surface area contributed by atoms with Crippen molar-refractivity contribution in [3.63, 3.8) is 0 Å². The van der Waals surface area contributed by atoms with E-state index in [1.807, 2.05) is 0 Å². The number of hydrogen-bond donors (Lipinski definition) is 1. The summed E-state index contributed by atoms with van der Waals surface area (Å²) in [7, 11) is 1.45. The first-order valence-corrected chi connectivity index (χ1v) is 6.81. The van der Waals surface area contributed by atoms with Gasteiger partial charge in [-0.1, -0.05) is 12.1 Å². The second-order valence-electron chi connectivity index (χ2n) is 5.30. The molecule has 1 N–H and O–H groups in total. The van der Waals surface area contributed by atoms with Gasteiger partial charge in [0.15, 0.2) is 11.6 Å². The smallest absolute Gasteiger partial charge is 0.196 e. The zero-order valence-corrected chi connectivity index (χ0v) is 12.0. The predicted octanol–water partition coefficient (Wildman–Crippen LogP) is 1.54. The molecular weight excluding hydrogens is 272 g/mol. The van der Waals surface area contributed by atoms with Crippen molar-refractivity contribution in [2.24, 2.45) is 0 Å². The zero-order valence-electron chi connectivity index (χ0n) is 12.0. The summed E-state index contributed by atoms with van der Waals surface area (Å²) in [6, 6.07) is 4.88. The van der Waals surface area contributed by atoms with Crippen molar-refractivity contribution in [1.82, 2.24) is 0 Å². The van der Waals surface area contributed by atoms with E-state index in [2.05, 4.69) is 0 Å². The van der Waals surface area contributed by atoms with E-state index in [0.717, 1.165) is 0 Å². The minimum atomic E-state index is -1.09. The number of aliphatic hydroxyl groups excluding tert-OH is 1. The maximum Gasteiger partial charge on any atom is 0.196 e. The topological polar surface area (TPSA) is 72.8 Å². The van der Waals surface area contributed by atoms with E-state index < -0.39 is 18.3 Å². The Morgan fingerprint density at radius 2 is 1.86 bits per heavy atom. The highest BCUT2D eigenvalue weighted by atomic mass is 16.5. The Morgan fingerprint density at radius 3 is 2.52 bits per heavy atom. The molecule has 110 valence electrons. The third kappa shape index (κ3) is 1.85. The maximum atomic E-state index is 12.8. The molecule has 0 amide bonds. The molecule has 0 spiro atoms. The van der Waals surface area contributed by atoms with E-state index in [1.54, 1.807) is 32.0 Å². The largest absolute Gasteiger partial charge is 0.496 e. The summed E-state index contributed by atoms with van der Waals surface area (Å²) in [5.74, 6) is -0.277. The molecule has 1 aromatic rings. The van der Waals surface area contributed by atoms with Crippen LogP contribution < -0.4 is 4.74 Å². The normalized spacial score (nSPS) is 28.3. The average molecular weight is 288 g/mol. The van der Waals surface area contributed by atoms with Crippen LogP contribution in [0.3, 0.4) is 0 Å². The molecule has 0 radical (unpaired) electrons. The first kappa shape index (κ1) is 14.0. The molecule has 2 aliphatic rings. The average Bonchev–Trinajstić information content (AvgIpc) is 2.47. The predicted molar refractivity (Wildman–Crippen MR) is 74.7 cm³/mol. The molecule has 5 heteroatoms. The minimum Gasteiger partial charge on any atom is -0.496 e. The van der Waals surface area contributed by atoms with Gasteiger partial charge in [-0.15, -0.1) is 0 Å². The quantitative estimate of drug-likeness (QED) is 0.848. The number of carbonyl (C=O) groups excluding carboxylic acids is 2. The van der Waals surface area contributed by atoms with E-state index in [0.29, 0.717) is 5.75 Å². The Labute approximate surface area is 122 Å². The first-order valence-electron chi connectivity index (χ1n) is 6.81. The van der Waals surface area contributed by atoms with Crippen molar-refractivity contribution in [2.75, 3.05) is 7.11 Å². The molecule has 3 rings (SSSR count). The number of fused-ring (bicyclic) bond motifs is 1. The zero-order chi connectivity index (χ0) is 15.3. The van der Waals surface area contributed by atoms with E-state index in [4.69, 9.17) is 9.47 Å². The second kappa shape index (κ2) is 4.79. The molecule has 0 bridgehead atoms. The highest BCUT2D eigenvalue weighted by Gasteiger charge is 2.44. The van der Waals surface area contributed by atoms with Crippen molar-refractivity contribution in [3.8, 4) is 5.75 Å². The molecule has 0 fully saturated rings. The van der Waals surface area contributed by atoms with Gasteiger partial charge in [0.05, 0.1) is 24.9 Å². The van der Waals surface area contributed by atoms with E-state index >= 15 is 0 Å². The summed E-state index contributed by atoms with van der Waals surface area (Å²) in [5, 5.41) is 10.2. The summed E-state index contributed by atoms with van der Waals surface area (Å²) in [6.45, 7) is 3.40. The molecule has 1 aliphatic heterocycles. The van der Waals surface area contributed by atoms with Gasteiger partial charge in [-0.2, -0.15) is 0 Å². The van der Waals surface area contributed by atoms with Gasteiger partial charge in [0, 0.05) is 16.7 Å². The summed E-state index contributed by atoms with van der Waals surface area (Å²) in [6.07, 6.45) is -2.15. The molecule has 1 heterocycles. The van der Waals surface area contributed by atoms with Gasteiger partial charge in [0.25, 0.3) is 0 Å². The van der Waals surface area contributed by atoms with Crippen molar-refractivity contribution < 1.29 is 24.2 Å². The SMILES string of the molecule is COc1cccc2c1C(=O)C1=C(C2=O)[C@@H](O)[C@H](C)O[C@H]1C. The van der Waals surface area contributed by atoms with Gasteiger partial charge in [-0.05, 0) is 19.9 Å². The number of aliphatic hydroxyl groups is 1. The van der Waals surface area contributed by atoms with E-state index in [-0.39, 0.29) is 33.8 Å². The Bertz CT molecular complexity index is 673. The van der Waals surface area contributed by atoms with Crippen LogP contribution in [0.15, 0.2) is 29.3 Å². The Kier molecular flexibility index (Phi) is 3.19. The fourth-order valence-electron chi connectivity index (χ4n) is 3.05. The fraction of sp³-hybridized carbons (Fsp3) is 0.375. The third-order valence-corrected chi connectivity index (χ3v) is 4.06. The number of carbonyl (C=O) groups is 2. The standard InChI is InChI=1S/C16H16O5/c1-7-11-13(14(17)8(2)21-7)15(18)9-5-4-6-10(20-3)12(9)16(11)19/h4-8,14,17H,1-3H3/t7-,8-,14-/m0/s1. The summed E-state index contributed by atoms with van der Waals surface area (Å²) < 4.78 is 10.7. The lowest BCUT2D eigenvalue weighted by atomic mass is 9.77. The number of ketones is 2. The first-order chi connectivity index (χ1) is 9.97. The summed E-state index contributed by atoms with van der Waals surface area (Å²) in [5.41, 5.74) is 0.925. The summed E-state index contributed by atoms with van der Waals surface area (Å²) >= 11 is 0. The third-order valence-electron chi connectivity index (χ3n) is 4.06. The number of hydrogen-bond acceptors (Lipinski definition) is 5. The molecule has 1 aromatic carbocycles. The lowest BCUT2D eigenvalue weighted by Crippen LogP contribution is -2.45. The Hall–Kier alpha value is -1.98. The van der Waals surface area contributed by atoms with Crippen molar-refractivity contribution in [2.45, 2.75) is 32.2 Å². The Balaban J connectivity index is 2.26. The molecule has 0 saturated heterocycles. The lowest BCUT2D eigenvalue weighted by Gasteiger charge is -2.36. The lowest BCUT2D eigenvalue weighted by molar-refractivity contribution is -0.0492. The molecule has 0 saturated carbocycles. The molecule has 0 unspecified atom stereocenters. The molecule has 0 aromatic heterocycles. The van der Waals surface area contributed by atoms with Crippen LogP contribution in [-0.2, 0) is 4.74 Å². The van der Waals surface area contributed by atoms with E-state index in [1.165, 1.54) is 7.11 Å². The van der Waals surface area contributed by atoms with Crippen LogP contribution in [0.4, 0.5) is 0 Å². The molecule has 21 heavy (non-hydrogen) atoms. The van der Waals surface area contributed by atoms with Gasteiger partial charge >= 0.3 is 0 Å². The Morgan fingerprint density at radius 1 is 1.14 bits per heavy atom. The molecular formula is C16H16O5. The van der Waals surface area contributed by atoms with Gasteiger partial charge in [0.1, 0.15) is 11.9 Å². The van der Waals surface area contributed by atoms with Crippen LogP contribution in [0.2, 0.25) is 0 Å². The van der Waals surface area contributed by atoms with Gasteiger partial charge < -0.3 is 14.6 Å². The minimum absolute atomic E-state index is 0.159. The molecule has 1 aliphatic carbocycles.